The molecule has 1 aromatic rings. The SMILES string of the molecule is COc1ccc(/C(=C\C(C)(C)C)C(C)(C)C)cc1. The topological polar surface area (TPSA) is 9.23 Å². The summed E-state index contributed by atoms with van der Waals surface area (Å²) in [5.41, 5.74) is 2.99. The lowest BCUT2D eigenvalue weighted by molar-refractivity contribution is 0.414. The van der Waals surface area contributed by atoms with Crippen molar-refractivity contribution < 1.29 is 4.74 Å². The van der Waals surface area contributed by atoms with E-state index in [0.29, 0.717) is 0 Å². The minimum atomic E-state index is 0.141. The summed E-state index contributed by atoms with van der Waals surface area (Å²) in [6, 6.07) is 8.33. The third kappa shape index (κ3) is 4.21. The molecule has 0 aliphatic rings. The van der Waals surface area contributed by atoms with E-state index in [1.54, 1.807) is 7.11 Å². The van der Waals surface area contributed by atoms with E-state index in [2.05, 4.69) is 59.8 Å². The Morgan fingerprint density at radius 2 is 1.44 bits per heavy atom. The molecular formula is C17H26O. The molecule has 0 saturated heterocycles. The lowest BCUT2D eigenvalue weighted by Gasteiger charge is -2.27. The average molecular weight is 246 g/mol. The summed E-state index contributed by atoms with van der Waals surface area (Å²) in [6.07, 6.45) is 2.37. The Balaban J connectivity index is 3.23. The van der Waals surface area contributed by atoms with Crippen LogP contribution in [0.3, 0.4) is 0 Å². The van der Waals surface area contributed by atoms with Gasteiger partial charge in [0.15, 0.2) is 0 Å². The van der Waals surface area contributed by atoms with Crippen molar-refractivity contribution in [1.82, 2.24) is 0 Å². The molecule has 1 aromatic carbocycles. The van der Waals surface area contributed by atoms with Crippen molar-refractivity contribution in [1.29, 1.82) is 0 Å². The maximum Gasteiger partial charge on any atom is 0.118 e. The molecular weight excluding hydrogens is 220 g/mol. The fourth-order valence-electron chi connectivity index (χ4n) is 1.94. The largest absolute Gasteiger partial charge is 0.497 e. The van der Waals surface area contributed by atoms with E-state index >= 15 is 0 Å². The van der Waals surface area contributed by atoms with Crippen molar-refractivity contribution in [3.8, 4) is 5.75 Å². The van der Waals surface area contributed by atoms with Crippen LogP contribution in [-0.4, -0.2) is 7.11 Å². The predicted octanol–water partition coefficient (Wildman–Crippen LogP) is 5.17. The van der Waals surface area contributed by atoms with E-state index in [-0.39, 0.29) is 10.8 Å². The second-order valence-corrected chi connectivity index (χ2v) is 6.90. The molecule has 0 saturated carbocycles. The molecule has 0 radical (unpaired) electrons. The third-order valence-corrected chi connectivity index (χ3v) is 2.79. The summed E-state index contributed by atoms with van der Waals surface area (Å²) in [7, 11) is 1.70. The molecule has 0 fully saturated rings. The van der Waals surface area contributed by atoms with Crippen molar-refractivity contribution in [3.63, 3.8) is 0 Å². The van der Waals surface area contributed by atoms with Crippen LogP contribution < -0.4 is 4.74 Å². The van der Waals surface area contributed by atoms with Gasteiger partial charge in [0, 0.05) is 0 Å². The maximum absolute atomic E-state index is 5.22. The van der Waals surface area contributed by atoms with Gasteiger partial charge in [0.25, 0.3) is 0 Å². The van der Waals surface area contributed by atoms with Gasteiger partial charge < -0.3 is 4.74 Å². The zero-order valence-electron chi connectivity index (χ0n) is 12.8. The fourth-order valence-corrected chi connectivity index (χ4v) is 1.94. The second kappa shape index (κ2) is 5.17. The molecule has 1 rings (SSSR count). The lowest BCUT2D eigenvalue weighted by atomic mass is 9.78. The molecule has 0 heterocycles. The van der Waals surface area contributed by atoms with Crippen LogP contribution in [0.4, 0.5) is 0 Å². The summed E-state index contributed by atoms with van der Waals surface area (Å²) >= 11 is 0. The molecule has 0 unspecified atom stereocenters. The van der Waals surface area contributed by atoms with Crippen LogP contribution in [0.1, 0.15) is 47.1 Å². The molecule has 1 nitrogen and oxygen atoms in total. The van der Waals surface area contributed by atoms with Crippen molar-refractivity contribution in [3.05, 3.63) is 35.9 Å². The number of rotatable bonds is 2. The number of benzene rings is 1. The van der Waals surface area contributed by atoms with Gasteiger partial charge in [0.05, 0.1) is 7.11 Å². The Morgan fingerprint density at radius 1 is 0.944 bits per heavy atom. The first kappa shape index (κ1) is 14.8. The molecule has 0 amide bonds. The highest BCUT2D eigenvalue weighted by molar-refractivity contribution is 5.70. The molecule has 0 aromatic heterocycles. The molecule has 1 heteroatoms. The molecule has 0 bridgehead atoms. The van der Waals surface area contributed by atoms with Gasteiger partial charge in [-0.3, -0.25) is 0 Å². The van der Waals surface area contributed by atoms with Crippen molar-refractivity contribution in [2.24, 2.45) is 10.8 Å². The first-order chi connectivity index (χ1) is 8.13. The molecule has 0 atom stereocenters. The molecule has 0 spiro atoms. The summed E-state index contributed by atoms with van der Waals surface area (Å²) in [5, 5.41) is 0. The Hall–Kier alpha value is -1.24. The predicted molar refractivity (Wildman–Crippen MR) is 79.9 cm³/mol. The van der Waals surface area contributed by atoms with Crippen LogP contribution in [0.5, 0.6) is 5.75 Å². The maximum atomic E-state index is 5.22. The van der Waals surface area contributed by atoms with Gasteiger partial charge >= 0.3 is 0 Å². The van der Waals surface area contributed by atoms with Crippen molar-refractivity contribution >= 4 is 5.57 Å². The number of hydrogen-bond acceptors (Lipinski definition) is 1. The Bertz CT molecular complexity index is 410. The van der Waals surface area contributed by atoms with E-state index in [1.807, 2.05) is 12.1 Å². The zero-order valence-corrected chi connectivity index (χ0v) is 12.8. The van der Waals surface area contributed by atoms with E-state index in [1.165, 1.54) is 11.1 Å². The number of methoxy groups -OCH3 is 1. The summed E-state index contributed by atoms with van der Waals surface area (Å²) < 4.78 is 5.22. The minimum absolute atomic E-state index is 0.141. The highest BCUT2D eigenvalue weighted by Crippen LogP contribution is 2.37. The highest BCUT2D eigenvalue weighted by Gasteiger charge is 2.21. The molecule has 0 aliphatic carbocycles. The quantitative estimate of drug-likeness (QED) is 0.699. The van der Waals surface area contributed by atoms with Crippen molar-refractivity contribution in [2.75, 3.05) is 7.11 Å². The Labute approximate surface area is 112 Å². The van der Waals surface area contributed by atoms with Gasteiger partial charge in [-0.15, -0.1) is 0 Å². The standard InChI is InChI=1S/C17H26O/c1-16(2,3)12-15(17(4,5)6)13-8-10-14(18-7)11-9-13/h8-12H,1-7H3/b15-12+. The Kier molecular flexibility index (Phi) is 4.26. The van der Waals surface area contributed by atoms with E-state index in [9.17, 15) is 0 Å². The van der Waals surface area contributed by atoms with Gasteiger partial charge in [0.2, 0.25) is 0 Å². The smallest absolute Gasteiger partial charge is 0.118 e. The Morgan fingerprint density at radius 3 is 1.78 bits per heavy atom. The molecule has 0 aliphatic heterocycles. The normalized spacial score (nSPS) is 13.6. The molecule has 100 valence electrons. The van der Waals surface area contributed by atoms with Crippen LogP contribution in [-0.2, 0) is 0 Å². The van der Waals surface area contributed by atoms with Crippen molar-refractivity contribution in [2.45, 2.75) is 41.5 Å². The van der Waals surface area contributed by atoms with E-state index in [0.717, 1.165) is 5.75 Å². The minimum Gasteiger partial charge on any atom is -0.497 e. The van der Waals surface area contributed by atoms with Crippen LogP contribution in [0.2, 0.25) is 0 Å². The monoisotopic (exact) mass is 246 g/mol. The van der Waals surface area contributed by atoms with E-state index < -0.39 is 0 Å². The highest BCUT2D eigenvalue weighted by atomic mass is 16.5. The number of ether oxygens (including phenoxy) is 1. The fraction of sp³-hybridized carbons (Fsp3) is 0.529. The number of hydrogen-bond donors (Lipinski definition) is 0. The average Bonchev–Trinajstić information content (AvgIpc) is 2.24. The molecule has 18 heavy (non-hydrogen) atoms. The third-order valence-electron chi connectivity index (χ3n) is 2.79. The van der Waals surface area contributed by atoms with Gasteiger partial charge in [0.1, 0.15) is 5.75 Å². The summed E-state index contributed by atoms with van der Waals surface area (Å²) in [5.74, 6) is 0.905. The van der Waals surface area contributed by atoms with E-state index in [4.69, 9.17) is 4.74 Å². The summed E-state index contributed by atoms with van der Waals surface area (Å²) in [6.45, 7) is 13.5. The zero-order chi connectivity index (χ0) is 14.0. The number of allylic oxidation sites excluding steroid dienone is 2. The van der Waals surface area contributed by atoms with Crippen LogP contribution in [0.25, 0.3) is 5.57 Å². The second-order valence-electron chi connectivity index (χ2n) is 6.90. The molecule has 0 N–H and O–H groups in total. The first-order valence-electron chi connectivity index (χ1n) is 6.51. The van der Waals surface area contributed by atoms with Crippen LogP contribution >= 0.6 is 0 Å². The summed E-state index contributed by atoms with van der Waals surface area (Å²) in [4.78, 5) is 0. The first-order valence-corrected chi connectivity index (χ1v) is 6.51. The van der Waals surface area contributed by atoms with Gasteiger partial charge in [-0.2, -0.15) is 0 Å². The van der Waals surface area contributed by atoms with Gasteiger partial charge in [-0.05, 0) is 34.1 Å². The van der Waals surface area contributed by atoms with Gasteiger partial charge in [-0.25, -0.2) is 0 Å². The van der Waals surface area contributed by atoms with Crippen LogP contribution in [0.15, 0.2) is 30.3 Å². The van der Waals surface area contributed by atoms with Gasteiger partial charge in [-0.1, -0.05) is 59.8 Å². The lowest BCUT2D eigenvalue weighted by Crippen LogP contribution is -2.12. The van der Waals surface area contributed by atoms with Crippen LogP contribution in [0, 0.1) is 10.8 Å².